The Balaban J connectivity index is 1.00. The Bertz CT molecular complexity index is 3470. The molecule has 0 radical (unpaired) electrons. The molecule has 4 heterocycles. The van der Waals surface area contributed by atoms with Crippen LogP contribution in [0.2, 0.25) is 0 Å². The van der Waals surface area contributed by atoms with Crippen molar-refractivity contribution in [2.75, 3.05) is 0 Å². The lowest BCUT2D eigenvalue weighted by Crippen LogP contribution is -2.00. The van der Waals surface area contributed by atoms with E-state index in [1.807, 2.05) is 97.1 Å². The maximum absolute atomic E-state index is 6.73. The van der Waals surface area contributed by atoms with Gasteiger partial charge in [0.1, 0.15) is 33.5 Å². The monoisotopic (exact) mass is 731 g/mol. The topological polar surface area (TPSA) is 78.1 Å². The van der Waals surface area contributed by atoms with Crippen molar-refractivity contribution in [1.29, 1.82) is 0 Å². The quantitative estimate of drug-likeness (QED) is 0.175. The molecule has 4 aromatic heterocycles. The third-order valence-corrected chi connectivity index (χ3v) is 11.0. The van der Waals surface area contributed by atoms with Gasteiger partial charge in [0.25, 0.3) is 0 Å². The zero-order valence-corrected chi connectivity index (χ0v) is 30.3. The largest absolute Gasteiger partial charge is 0.456 e. The molecule has 0 saturated carbocycles. The lowest BCUT2D eigenvalue weighted by molar-refractivity contribution is 0.668. The first-order valence-electron chi connectivity index (χ1n) is 18.9. The molecule has 0 N–H and O–H groups in total. The molecule has 6 nitrogen and oxygen atoms in total. The number of rotatable bonds is 5. The first-order valence-corrected chi connectivity index (χ1v) is 18.9. The number of nitrogens with zero attached hydrogens (tertiary/aromatic N) is 3. The molecule has 0 aliphatic carbocycles. The highest BCUT2D eigenvalue weighted by molar-refractivity contribution is 6.20. The van der Waals surface area contributed by atoms with E-state index in [4.69, 9.17) is 28.2 Å². The molecule has 0 aliphatic rings. The molecule has 266 valence electrons. The van der Waals surface area contributed by atoms with E-state index >= 15 is 0 Å². The maximum atomic E-state index is 6.73. The van der Waals surface area contributed by atoms with E-state index in [-0.39, 0.29) is 0 Å². The molecule has 8 aromatic carbocycles. The van der Waals surface area contributed by atoms with Crippen molar-refractivity contribution >= 4 is 65.8 Å². The summed E-state index contributed by atoms with van der Waals surface area (Å²) >= 11 is 0. The molecule has 0 bridgehead atoms. The van der Waals surface area contributed by atoms with E-state index in [9.17, 15) is 0 Å². The fraction of sp³-hybridized carbons (Fsp3) is 0. The van der Waals surface area contributed by atoms with Crippen LogP contribution in [0.3, 0.4) is 0 Å². The van der Waals surface area contributed by atoms with E-state index in [0.717, 1.165) is 105 Å². The zero-order valence-electron chi connectivity index (χ0n) is 30.3. The summed E-state index contributed by atoms with van der Waals surface area (Å²) in [6, 6.07) is 59.8. The van der Waals surface area contributed by atoms with Crippen LogP contribution < -0.4 is 0 Å². The molecule has 0 saturated heterocycles. The van der Waals surface area contributed by atoms with Crippen LogP contribution in [0.1, 0.15) is 0 Å². The van der Waals surface area contributed by atoms with Gasteiger partial charge in [-0.3, -0.25) is 0 Å². The average Bonchev–Trinajstić information content (AvgIpc) is 3.98. The third kappa shape index (κ3) is 5.01. The average molecular weight is 732 g/mol. The summed E-state index contributed by atoms with van der Waals surface area (Å²) in [5.74, 6) is 1.81. The second-order valence-electron chi connectivity index (χ2n) is 14.3. The summed E-state index contributed by atoms with van der Waals surface area (Å²) in [4.78, 5) is 14.7. The van der Waals surface area contributed by atoms with Gasteiger partial charge in [0, 0.05) is 60.1 Å². The van der Waals surface area contributed by atoms with E-state index in [0.29, 0.717) is 17.5 Å². The van der Waals surface area contributed by atoms with Crippen LogP contribution in [-0.2, 0) is 0 Å². The lowest BCUT2D eigenvalue weighted by atomic mass is 9.93. The smallest absolute Gasteiger partial charge is 0.164 e. The van der Waals surface area contributed by atoms with E-state index < -0.39 is 0 Å². The summed E-state index contributed by atoms with van der Waals surface area (Å²) in [7, 11) is 0. The van der Waals surface area contributed by atoms with E-state index in [1.54, 1.807) is 0 Å². The van der Waals surface area contributed by atoms with Crippen LogP contribution in [0.5, 0.6) is 0 Å². The summed E-state index contributed by atoms with van der Waals surface area (Å²) < 4.78 is 19.7. The van der Waals surface area contributed by atoms with Gasteiger partial charge in [0.05, 0.1) is 0 Å². The van der Waals surface area contributed by atoms with Gasteiger partial charge in [0.15, 0.2) is 17.5 Å². The van der Waals surface area contributed by atoms with Gasteiger partial charge in [-0.15, -0.1) is 0 Å². The minimum Gasteiger partial charge on any atom is -0.456 e. The number of benzene rings is 8. The fourth-order valence-electron chi connectivity index (χ4n) is 8.26. The van der Waals surface area contributed by atoms with Crippen LogP contribution in [-0.4, -0.2) is 15.0 Å². The summed E-state index contributed by atoms with van der Waals surface area (Å²) in [6.07, 6.45) is 0. The maximum Gasteiger partial charge on any atom is 0.164 e. The first kappa shape index (κ1) is 31.5. The molecule has 0 spiro atoms. The second-order valence-corrected chi connectivity index (χ2v) is 14.3. The molecule has 12 rings (SSSR count). The molecule has 57 heavy (non-hydrogen) atoms. The summed E-state index contributed by atoms with van der Waals surface area (Å²) in [6.45, 7) is 0. The van der Waals surface area contributed by atoms with Gasteiger partial charge in [-0.25, -0.2) is 15.0 Å². The van der Waals surface area contributed by atoms with Gasteiger partial charge in [0.2, 0.25) is 0 Å². The first-order chi connectivity index (χ1) is 28.2. The van der Waals surface area contributed by atoms with Crippen LogP contribution in [0, 0.1) is 0 Å². The predicted octanol–water partition coefficient (Wildman–Crippen LogP) is 13.9. The number of hydrogen-bond donors (Lipinski definition) is 0. The highest BCUT2D eigenvalue weighted by Gasteiger charge is 2.21. The number of hydrogen-bond acceptors (Lipinski definition) is 6. The molecular formula is C51H29N3O3. The van der Waals surface area contributed by atoms with Crippen molar-refractivity contribution in [3.63, 3.8) is 0 Å². The normalized spacial score (nSPS) is 11.9. The number of aromatic nitrogens is 3. The Labute approximate surface area is 325 Å². The number of fused-ring (bicyclic) bond motifs is 9. The van der Waals surface area contributed by atoms with Crippen LogP contribution in [0.25, 0.3) is 122 Å². The molecule has 0 atom stereocenters. The molecule has 12 aromatic rings. The van der Waals surface area contributed by atoms with Crippen molar-refractivity contribution in [1.82, 2.24) is 15.0 Å². The molecule has 0 amide bonds. The Morgan fingerprint density at radius 2 is 0.842 bits per heavy atom. The van der Waals surface area contributed by atoms with Crippen molar-refractivity contribution in [2.24, 2.45) is 0 Å². The minimum absolute atomic E-state index is 0.580. The van der Waals surface area contributed by atoms with Crippen molar-refractivity contribution in [3.05, 3.63) is 176 Å². The fourth-order valence-corrected chi connectivity index (χ4v) is 8.26. The second kappa shape index (κ2) is 12.3. The van der Waals surface area contributed by atoms with Crippen LogP contribution in [0.15, 0.2) is 189 Å². The van der Waals surface area contributed by atoms with Crippen molar-refractivity contribution < 1.29 is 13.3 Å². The summed E-state index contributed by atoms with van der Waals surface area (Å²) in [5.41, 5.74) is 11.8. The predicted molar refractivity (Wildman–Crippen MR) is 229 cm³/mol. The van der Waals surface area contributed by atoms with E-state index in [1.165, 1.54) is 0 Å². The van der Waals surface area contributed by atoms with Gasteiger partial charge in [-0.05, 0) is 53.6 Å². The van der Waals surface area contributed by atoms with E-state index in [2.05, 4.69) is 78.9 Å². The standard InChI is InChI=1S/C51H29N3O3/c1-3-12-30(13-4-1)49-52-50(31-14-5-2-6-15-31)54-51(53-49)33-22-24-36-41-28-32(23-27-44(41)55-45(36)29-33)34-25-26-37(46-40-17-8-10-21-43(40)57-48(34)46)39-19-11-18-38-35-16-7-9-20-42(35)56-47(38)39/h1-29H. The minimum atomic E-state index is 0.580. The highest BCUT2D eigenvalue weighted by Crippen LogP contribution is 2.45. The molecule has 0 unspecified atom stereocenters. The zero-order chi connectivity index (χ0) is 37.5. The van der Waals surface area contributed by atoms with Crippen molar-refractivity contribution in [3.8, 4) is 56.4 Å². The lowest BCUT2D eigenvalue weighted by Gasteiger charge is -2.09. The van der Waals surface area contributed by atoms with Crippen molar-refractivity contribution in [2.45, 2.75) is 0 Å². The van der Waals surface area contributed by atoms with Gasteiger partial charge < -0.3 is 13.3 Å². The summed E-state index contributed by atoms with van der Waals surface area (Å²) in [5, 5.41) is 6.33. The highest BCUT2D eigenvalue weighted by atomic mass is 16.3. The van der Waals surface area contributed by atoms with Crippen LogP contribution in [0.4, 0.5) is 0 Å². The molecule has 0 fully saturated rings. The number of para-hydroxylation sites is 3. The Morgan fingerprint density at radius 3 is 1.60 bits per heavy atom. The Hall–Kier alpha value is -7.83. The van der Waals surface area contributed by atoms with Gasteiger partial charge in [-0.1, -0.05) is 133 Å². The number of furan rings is 3. The Kier molecular flexibility index (Phi) is 6.83. The Morgan fingerprint density at radius 1 is 0.281 bits per heavy atom. The van der Waals surface area contributed by atoms with Gasteiger partial charge >= 0.3 is 0 Å². The SMILES string of the molecule is c1ccc(-c2nc(-c3ccccc3)nc(-c3ccc4c(c3)oc3ccc(-c5ccc(-c6cccc7c6oc6ccccc67)c6c5oc5ccccc56)cc34)n2)cc1. The molecule has 6 heteroatoms. The van der Waals surface area contributed by atoms with Crippen LogP contribution >= 0.6 is 0 Å². The third-order valence-electron chi connectivity index (χ3n) is 11.0. The molecule has 0 aliphatic heterocycles. The van der Waals surface area contributed by atoms with Gasteiger partial charge in [-0.2, -0.15) is 0 Å². The molecular weight excluding hydrogens is 703 g/mol.